The predicted molar refractivity (Wildman–Crippen MR) is 157 cm³/mol. The largest absolute Gasteiger partial charge is 0.493 e. The first-order valence-corrected chi connectivity index (χ1v) is 13.0. The van der Waals surface area contributed by atoms with Crippen LogP contribution < -0.4 is 5.01 Å². The molecule has 0 radical (unpaired) electrons. The highest BCUT2D eigenvalue weighted by Gasteiger charge is 2.31. The molecule has 1 aliphatic rings. The Morgan fingerprint density at radius 1 is 1.02 bits per heavy atom. The third-order valence-electron chi connectivity index (χ3n) is 5.92. The first kappa shape index (κ1) is 29.7. The summed E-state index contributed by atoms with van der Waals surface area (Å²) in [5, 5.41) is 29.6. The van der Waals surface area contributed by atoms with Gasteiger partial charge in [-0.25, -0.2) is 9.59 Å². The smallest absolute Gasteiger partial charge is 0.338 e. The van der Waals surface area contributed by atoms with Gasteiger partial charge in [0.1, 0.15) is 6.07 Å². The van der Waals surface area contributed by atoms with Gasteiger partial charge in [0.2, 0.25) is 5.88 Å². The molecule has 43 heavy (non-hydrogen) atoms. The van der Waals surface area contributed by atoms with E-state index in [1.807, 2.05) is 6.07 Å². The SMILES string of the molecule is [C-]#[N+]c1nn(-c2cccc(C(=O)OCC)c2)c(O)c1/C=C/C=C/C=C1\C(=O)N(c2cccc(C(=O)OCC)c2)N=C1C#N. The molecule has 3 aromatic rings. The number of nitrogens with zero attached hydrogens (tertiary/aromatic N) is 6. The van der Waals surface area contributed by atoms with Crippen molar-refractivity contribution >= 4 is 41.1 Å². The van der Waals surface area contributed by atoms with Crippen LogP contribution in [-0.4, -0.2) is 51.7 Å². The van der Waals surface area contributed by atoms with E-state index in [9.17, 15) is 24.8 Å². The molecule has 0 saturated carbocycles. The van der Waals surface area contributed by atoms with E-state index in [1.54, 1.807) is 50.2 Å². The van der Waals surface area contributed by atoms with Crippen molar-refractivity contribution in [3.8, 4) is 17.6 Å². The number of aromatic nitrogens is 2. The number of anilines is 1. The maximum Gasteiger partial charge on any atom is 0.338 e. The van der Waals surface area contributed by atoms with Crippen molar-refractivity contribution in [3.05, 3.63) is 107 Å². The van der Waals surface area contributed by atoms with Crippen molar-refractivity contribution in [2.45, 2.75) is 13.8 Å². The van der Waals surface area contributed by atoms with Crippen molar-refractivity contribution in [1.82, 2.24) is 9.78 Å². The molecule has 2 heterocycles. The normalized spacial score (nSPS) is 13.8. The van der Waals surface area contributed by atoms with Crippen LogP contribution in [0.4, 0.5) is 11.5 Å². The number of aromatic hydroxyl groups is 1. The molecule has 1 amide bonds. The molecule has 2 aromatic carbocycles. The summed E-state index contributed by atoms with van der Waals surface area (Å²) in [6.07, 6.45) is 7.41. The minimum absolute atomic E-state index is 0.0349. The Bertz CT molecular complexity index is 1800. The number of amides is 1. The number of hydrogen-bond acceptors (Lipinski definition) is 9. The molecule has 0 unspecified atom stereocenters. The second kappa shape index (κ2) is 13.4. The third-order valence-corrected chi connectivity index (χ3v) is 5.92. The molecule has 4 rings (SSSR count). The number of allylic oxidation sites excluding steroid dienone is 4. The van der Waals surface area contributed by atoms with Crippen LogP contribution in [0.25, 0.3) is 16.6 Å². The zero-order chi connectivity index (χ0) is 30.9. The van der Waals surface area contributed by atoms with Gasteiger partial charge in [-0.3, -0.25) is 4.79 Å². The molecule has 0 aliphatic carbocycles. The molecule has 12 heteroatoms. The Morgan fingerprint density at radius 2 is 1.65 bits per heavy atom. The van der Waals surface area contributed by atoms with Crippen LogP contribution in [0, 0.1) is 17.9 Å². The molecule has 0 spiro atoms. The van der Waals surface area contributed by atoms with Gasteiger partial charge in [-0.1, -0.05) is 43.0 Å². The van der Waals surface area contributed by atoms with Crippen LogP contribution in [0.5, 0.6) is 5.88 Å². The van der Waals surface area contributed by atoms with Gasteiger partial charge in [-0.15, -0.1) is 4.68 Å². The minimum Gasteiger partial charge on any atom is -0.493 e. The highest BCUT2D eigenvalue weighted by atomic mass is 16.5. The molecule has 214 valence electrons. The van der Waals surface area contributed by atoms with E-state index in [-0.39, 0.29) is 52.9 Å². The summed E-state index contributed by atoms with van der Waals surface area (Å²) in [7, 11) is 0. The van der Waals surface area contributed by atoms with E-state index in [1.165, 1.54) is 42.5 Å². The van der Waals surface area contributed by atoms with Gasteiger partial charge < -0.3 is 19.4 Å². The predicted octanol–water partition coefficient (Wildman–Crippen LogP) is 4.90. The van der Waals surface area contributed by atoms with Crippen LogP contribution in [0.15, 0.2) is 83.5 Å². The average Bonchev–Trinajstić information content (AvgIpc) is 3.52. The Hall–Kier alpha value is -6.27. The van der Waals surface area contributed by atoms with Crippen molar-refractivity contribution in [1.29, 1.82) is 5.26 Å². The summed E-state index contributed by atoms with van der Waals surface area (Å²) < 4.78 is 11.2. The van der Waals surface area contributed by atoms with Gasteiger partial charge in [-0.2, -0.15) is 15.4 Å². The zero-order valence-corrected chi connectivity index (χ0v) is 23.1. The maximum absolute atomic E-state index is 13.1. The van der Waals surface area contributed by atoms with E-state index in [0.29, 0.717) is 11.4 Å². The Balaban J connectivity index is 1.54. The van der Waals surface area contributed by atoms with E-state index in [2.05, 4.69) is 15.0 Å². The number of hydrogen-bond donors (Lipinski definition) is 1. The molecule has 0 fully saturated rings. The Kier molecular flexibility index (Phi) is 9.25. The Labute approximate surface area is 246 Å². The topological polar surface area (TPSA) is 151 Å². The van der Waals surface area contributed by atoms with Gasteiger partial charge >= 0.3 is 17.8 Å². The third kappa shape index (κ3) is 6.39. The number of carbonyl (C=O) groups excluding carboxylic acids is 3. The lowest BCUT2D eigenvalue weighted by molar-refractivity contribution is -0.114. The van der Waals surface area contributed by atoms with Gasteiger partial charge in [-0.05, 0) is 61.4 Å². The molecular formula is C31H24N6O6. The van der Waals surface area contributed by atoms with Crippen molar-refractivity contribution in [3.63, 3.8) is 0 Å². The lowest BCUT2D eigenvalue weighted by Gasteiger charge is -2.12. The van der Waals surface area contributed by atoms with Gasteiger partial charge in [0, 0.05) is 0 Å². The number of rotatable bonds is 9. The zero-order valence-electron chi connectivity index (χ0n) is 23.1. The number of esters is 2. The molecule has 1 aromatic heterocycles. The van der Waals surface area contributed by atoms with Crippen molar-refractivity contribution in [2.24, 2.45) is 5.10 Å². The summed E-state index contributed by atoms with van der Waals surface area (Å²) in [5.74, 6) is -2.04. The van der Waals surface area contributed by atoms with Crippen LogP contribution in [0.3, 0.4) is 0 Å². The number of ether oxygens (including phenoxy) is 2. The minimum atomic E-state index is -0.564. The number of benzene rings is 2. The molecule has 0 saturated heterocycles. The quantitative estimate of drug-likeness (QED) is 0.163. The molecule has 0 bridgehead atoms. The number of hydrazone groups is 1. The molecular weight excluding hydrogens is 552 g/mol. The first-order chi connectivity index (χ1) is 20.8. The number of nitriles is 1. The monoisotopic (exact) mass is 576 g/mol. The van der Waals surface area contributed by atoms with Crippen LogP contribution in [-0.2, 0) is 14.3 Å². The lowest BCUT2D eigenvalue weighted by atomic mass is 10.1. The van der Waals surface area contributed by atoms with Crippen LogP contribution in [0.1, 0.15) is 40.1 Å². The molecule has 0 atom stereocenters. The summed E-state index contributed by atoms with van der Waals surface area (Å²) in [6, 6.07) is 14.3. The van der Waals surface area contributed by atoms with Gasteiger partial charge in [0.15, 0.2) is 5.71 Å². The highest BCUT2D eigenvalue weighted by molar-refractivity contribution is 6.35. The lowest BCUT2D eigenvalue weighted by Crippen LogP contribution is -2.21. The Morgan fingerprint density at radius 3 is 2.26 bits per heavy atom. The molecule has 1 aliphatic heterocycles. The summed E-state index contributed by atoms with van der Waals surface area (Å²) >= 11 is 0. The molecule has 1 N–H and O–H groups in total. The van der Waals surface area contributed by atoms with Crippen LogP contribution in [0.2, 0.25) is 0 Å². The van der Waals surface area contributed by atoms with Gasteiger partial charge in [0.25, 0.3) is 5.91 Å². The second-order valence-electron chi connectivity index (χ2n) is 8.63. The summed E-state index contributed by atoms with van der Waals surface area (Å²) in [4.78, 5) is 40.6. The maximum atomic E-state index is 13.1. The first-order valence-electron chi connectivity index (χ1n) is 13.0. The summed E-state index contributed by atoms with van der Waals surface area (Å²) in [6.45, 7) is 11.2. The summed E-state index contributed by atoms with van der Waals surface area (Å²) in [5.41, 5.74) is 1.21. The highest BCUT2D eigenvalue weighted by Crippen LogP contribution is 2.32. The van der Waals surface area contributed by atoms with Crippen LogP contribution >= 0.6 is 0 Å². The van der Waals surface area contributed by atoms with E-state index < -0.39 is 17.8 Å². The van der Waals surface area contributed by atoms with E-state index in [4.69, 9.17) is 16.0 Å². The van der Waals surface area contributed by atoms with E-state index >= 15 is 0 Å². The van der Waals surface area contributed by atoms with Crippen molar-refractivity contribution < 1.29 is 29.0 Å². The number of carbonyl (C=O) groups is 3. The standard InChI is InChI=1S/C31H24N6O6/c1-4-42-30(40)20-11-9-13-22(17-20)36-28(38)24(26(19-32)34-36)15-7-6-8-16-25-27(33-3)35-37(29(25)39)23-14-10-12-21(18-23)31(41)43-5-2/h6-18,39H,4-5H2,1-2H3/b7-6+,16-8+,24-15-. The second-order valence-corrected chi connectivity index (χ2v) is 8.63. The van der Waals surface area contributed by atoms with E-state index in [0.717, 1.165) is 9.69 Å². The fraction of sp³-hybridized carbons (Fsp3) is 0.129. The average molecular weight is 577 g/mol. The van der Waals surface area contributed by atoms with Crippen molar-refractivity contribution in [2.75, 3.05) is 18.2 Å². The molecule has 12 nitrogen and oxygen atoms in total. The fourth-order valence-corrected chi connectivity index (χ4v) is 3.97. The van der Waals surface area contributed by atoms with Gasteiger partial charge in [0.05, 0.1) is 46.9 Å². The fourth-order valence-electron chi connectivity index (χ4n) is 3.97.